The number of rotatable bonds is 11. The van der Waals surface area contributed by atoms with Crippen molar-refractivity contribution < 1.29 is 27.3 Å². The fourth-order valence-corrected chi connectivity index (χ4v) is 4.46. The first-order valence-corrected chi connectivity index (χ1v) is 13.4. The van der Waals surface area contributed by atoms with E-state index in [2.05, 4.69) is 16.1 Å². The van der Waals surface area contributed by atoms with Crippen LogP contribution in [-0.4, -0.2) is 41.3 Å². The maximum Gasteiger partial charge on any atom is 0.350 e. The molecule has 1 aromatic carbocycles. The average Bonchev–Trinajstić information content (AvgIpc) is 3.41. The number of carboxylic acid groups (broad SMARTS) is 1. The molecular weight excluding hydrogens is 476 g/mol. The SMILES string of the molecule is CCCCc1ncc(/C=C(\Cc2cccs2)C(=O)OS(C)(=O)=O)n1Cc1ccc(C(=O)O)cc1. The number of benzene rings is 1. The summed E-state index contributed by atoms with van der Waals surface area (Å²) in [5.41, 5.74) is 1.89. The van der Waals surface area contributed by atoms with Gasteiger partial charge in [0.25, 0.3) is 0 Å². The smallest absolute Gasteiger partial charge is 0.350 e. The number of aromatic carboxylic acids is 1. The zero-order valence-electron chi connectivity index (χ0n) is 18.9. The standard InChI is InChI=1S/C24H26N2O6S2/c1-3-4-7-22-25-15-20(26(22)16-17-8-10-18(11-9-17)23(27)28)13-19(14-21-6-5-12-33-21)24(29)32-34(2,30)31/h5-6,8-13,15H,3-4,7,14,16H2,1-2H3,(H,27,28)/b19-13+. The van der Waals surface area contributed by atoms with E-state index < -0.39 is 22.1 Å². The van der Waals surface area contributed by atoms with Crippen LogP contribution in [0.15, 0.2) is 53.5 Å². The quantitative estimate of drug-likeness (QED) is 0.309. The highest BCUT2D eigenvalue weighted by atomic mass is 32.2. The lowest BCUT2D eigenvalue weighted by molar-refractivity contribution is -0.129. The third-order valence-electron chi connectivity index (χ3n) is 5.02. The Balaban J connectivity index is 2.00. The highest BCUT2D eigenvalue weighted by Gasteiger charge is 2.19. The molecule has 0 atom stereocenters. The number of carbonyl (C=O) groups is 2. The van der Waals surface area contributed by atoms with Crippen LogP contribution in [0.25, 0.3) is 6.08 Å². The van der Waals surface area contributed by atoms with E-state index in [1.165, 1.54) is 11.3 Å². The van der Waals surface area contributed by atoms with Crippen molar-refractivity contribution in [2.75, 3.05) is 6.26 Å². The first kappa shape index (κ1) is 25.4. The molecule has 180 valence electrons. The number of hydrogen-bond donors (Lipinski definition) is 1. The van der Waals surface area contributed by atoms with Gasteiger partial charge in [-0.05, 0) is 41.6 Å². The number of thiophene rings is 1. The summed E-state index contributed by atoms with van der Waals surface area (Å²) in [6, 6.07) is 10.3. The van der Waals surface area contributed by atoms with Crippen molar-refractivity contribution in [1.29, 1.82) is 0 Å². The number of hydrogen-bond acceptors (Lipinski definition) is 7. The Hall–Kier alpha value is -3.24. The number of carbonyl (C=O) groups excluding carboxylic acids is 1. The van der Waals surface area contributed by atoms with E-state index in [0.717, 1.165) is 41.8 Å². The zero-order valence-corrected chi connectivity index (χ0v) is 20.6. The summed E-state index contributed by atoms with van der Waals surface area (Å²) in [5.74, 6) is -1.10. The summed E-state index contributed by atoms with van der Waals surface area (Å²) in [7, 11) is -3.97. The first-order chi connectivity index (χ1) is 16.2. The molecule has 0 saturated carbocycles. The molecular formula is C24H26N2O6S2. The van der Waals surface area contributed by atoms with Crippen LogP contribution in [0.4, 0.5) is 0 Å². The van der Waals surface area contributed by atoms with Gasteiger partial charge in [-0.2, -0.15) is 8.42 Å². The minimum absolute atomic E-state index is 0.192. The van der Waals surface area contributed by atoms with Crippen molar-refractivity contribution in [2.24, 2.45) is 0 Å². The highest BCUT2D eigenvalue weighted by Crippen LogP contribution is 2.21. The van der Waals surface area contributed by atoms with Crippen LogP contribution >= 0.6 is 11.3 Å². The topological polar surface area (TPSA) is 116 Å². The summed E-state index contributed by atoms with van der Waals surface area (Å²) in [5, 5.41) is 11.0. The van der Waals surface area contributed by atoms with Crippen LogP contribution < -0.4 is 0 Å². The van der Waals surface area contributed by atoms with E-state index in [-0.39, 0.29) is 17.6 Å². The first-order valence-electron chi connectivity index (χ1n) is 10.7. The number of nitrogens with zero attached hydrogens (tertiary/aromatic N) is 2. The van der Waals surface area contributed by atoms with E-state index >= 15 is 0 Å². The van der Waals surface area contributed by atoms with Crippen LogP contribution in [0.5, 0.6) is 0 Å². The van der Waals surface area contributed by atoms with Crippen molar-refractivity contribution in [2.45, 2.75) is 39.2 Å². The van der Waals surface area contributed by atoms with Crippen LogP contribution in [-0.2, 0) is 38.5 Å². The molecule has 8 nitrogen and oxygen atoms in total. The molecule has 34 heavy (non-hydrogen) atoms. The molecule has 0 unspecified atom stereocenters. The van der Waals surface area contributed by atoms with Crippen LogP contribution in [0.2, 0.25) is 0 Å². The second-order valence-corrected chi connectivity index (χ2v) is 10.4. The largest absolute Gasteiger partial charge is 0.478 e. The Morgan fingerprint density at radius 2 is 1.94 bits per heavy atom. The van der Waals surface area contributed by atoms with Gasteiger partial charge in [0, 0.05) is 29.8 Å². The maximum atomic E-state index is 12.7. The molecule has 3 aromatic rings. The van der Waals surface area contributed by atoms with Gasteiger partial charge in [-0.1, -0.05) is 31.5 Å². The van der Waals surface area contributed by atoms with Gasteiger partial charge in [-0.25, -0.2) is 14.6 Å². The molecule has 0 aliphatic carbocycles. The number of aryl methyl sites for hydroxylation is 1. The normalized spacial score (nSPS) is 12.0. The fraction of sp³-hybridized carbons (Fsp3) is 0.292. The lowest BCUT2D eigenvalue weighted by atomic mass is 10.1. The summed E-state index contributed by atoms with van der Waals surface area (Å²) in [6.07, 6.45) is 6.95. The van der Waals surface area contributed by atoms with Crippen LogP contribution in [0.1, 0.15) is 52.1 Å². The Morgan fingerprint density at radius 1 is 1.21 bits per heavy atom. The monoisotopic (exact) mass is 502 g/mol. The number of aromatic nitrogens is 2. The van der Waals surface area contributed by atoms with Gasteiger partial charge in [0.05, 0.1) is 23.7 Å². The van der Waals surface area contributed by atoms with Crippen molar-refractivity contribution in [1.82, 2.24) is 9.55 Å². The lowest BCUT2D eigenvalue weighted by Crippen LogP contribution is -2.15. The average molecular weight is 503 g/mol. The Bertz CT molecular complexity index is 1270. The molecule has 0 radical (unpaired) electrons. The van der Waals surface area contributed by atoms with Crippen molar-refractivity contribution in [3.8, 4) is 0 Å². The second-order valence-electron chi connectivity index (χ2n) is 7.79. The van der Waals surface area contributed by atoms with Gasteiger partial charge >= 0.3 is 22.1 Å². The molecule has 0 spiro atoms. The summed E-state index contributed by atoms with van der Waals surface area (Å²) >= 11 is 1.46. The molecule has 0 aliphatic heterocycles. The second kappa shape index (κ2) is 11.3. The Morgan fingerprint density at radius 3 is 2.53 bits per heavy atom. The van der Waals surface area contributed by atoms with E-state index in [9.17, 15) is 18.0 Å². The fourth-order valence-electron chi connectivity index (χ4n) is 3.35. The number of carboxylic acids is 1. The van der Waals surface area contributed by atoms with Crippen molar-refractivity contribution in [3.63, 3.8) is 0 Å². The molecule has 0 saturated heterocycles. The van der Waals surface area contributed by atoms with E-state index in [1.807, 2.05) is 22.1 Å². The third-order valence-corrected chi connectivity index (χ3v) is 6.35. The van der Waals surface area contributed by atoms with E-state index in [4.69, 9.17) is 5.11 Å². The molecule has 1 N–H and O–H groups in total. The summed E-state index contributed by atoms with van der Waals surface area (Å²) in [4.78, 5) is 29.3. The molecule has 10 heteroatoms. The van der Waals surface area contributed by atoms with Gasteiger partial charge < -0.3 is 13.9 Å². The molecule has 0 fully saturated rings. The van der Waals surface area contributed by atoms with E-state index in [0.29, 0.717) is 12.2 Å². The van der Waals surface area contributed by atoms with Gasteiger partial charge in [0.2, 0.25) is 0 Å². The molecule has 0 aliphatic rings. The minimum atomic E-state index is -3.97. The number of imidazole rings is 1. The molecule has 2 heterocycles. The zero-order chi connectivity index (χ0) is 24.7. The van der Waals surface area contributed by atoms with Gasteiger partial charge in [0.1, 0.15) is 5.82 Å². The van der Waals surface area contributed by atoms with Crippen molar-refractivity contribution >= 4 is 39.5 Å². The Kier molecular flexibility index (Phi) is 8.41. The molecule has 0 amide bonds. The Labute approximate surface area is 202 Å². The van der Waals surface area contributed by atoms with Crippen molar-refractivity contribution in [3.05, 3.63) is 81.1 Å². The lowest BCUT2D eigenvalue weighted by Gasteiger charge is -2.12. The van der Waals surface area contributed by atoms with Gasteiger partial charge in [-0.3, -0.25) is 0 Å². The summed E-state index contributed by atoms with van der Waals surface area (Å²) in [6.45, 7) is 2.50. The third kappa shape index (κ3) is 7.13. The molecule has 3 rings (SSSR count). The molecule has 0 bridgehead atoms. The minimum Gasteiger partial charge on any atom is -0.478 e. The van der Waals surface area contributed by atoms with Gasteiger partial charge in [0.15, 0.2) is 0 Å². The maximum absolute atomic E-state index is 12.7. The predicted molar refractivity (Wildman–Crippen MR) is 130 cm³/mol. The van der Waals surface area contributed by atoms with Crippen LogP contribution in [0, 0.1) is 0 Å². The molecule has 2 aromatic heterocycles. The van der Waals surface area contributed by atoms with Gasteiger partial charge in [-0.15, -0.1) is 11.3 Å². The van der Waals surface area contributed by atoms with Crippen LogP contribution in [0.3, 0.4) is 0 Å². The number of unbranched alkanes of at least 4 members (excludes halogenated alkanes) is 1. The highest BCUT2D eigenvalue weighted by molar-refractivity contribution is 7.86. The predicted octanol–water partition coefficient (Wildman–Crippen LogP) is 4.16. The summed E-state index contributed by atoms with van der Waals surface area (Å²) < 4.78 is 29.8. The van der Waals surface area contributed by atoms with E-state index in [1.54, 1.807) is 36.5 Å².